The van der Waals surface area contributed by atoms with Crippen LogP contribution in [0.1, 0.15) is 5.56 Å². The van der Waals surface area contributed by atoms with Crippen LogP contribution in [0.2, 0.25) is 10.0 Å². The lowest BCUT2D eigenvalue weighted by Crippen LogP contribution is -2.35. The summed E-state index contributed by atoms with van der Waals surface area (Å²) in [6.45, 7) is -0.324. The van der Waals surface area contributed by atoms with Crippen molar-refractivity contribution in [3.63, 3.8) is 0 Å². The summed E-state index contributed by atoms with van der Waals surface area (Å²) in [5.74, 6) is -1.26. The van der Waals surface area contributed by atoms with Gasteiger partial charge in [0.2, 0.25) is 0 Å². The van der Waals surface area contributed by atoms with Crippen molar-refractivity contribution in [2.75, 3.05) is 16.9 Å². The van der Waals surface area contributed by atoms with Crippen LogP contribution in [-0.4, -0.2) is 24.3 Å². The Morgan fingerprint density at radius 2 is 1.74 bits per heavy atom. The third kappa shape index (κ3) is 5.41. The van der Waals surface area contributed by atoms with Crippen LogP contribution in [0.3, 0.4) is 0 Å². The number of anilines is 2. The van der Waals surface area contributed by atoms with Gasteiger partial charge in [0.1, 0.15) is 11.3 Å². The molecule has 34 heavy (non-hydrogen) atoms. The number of halogens is 3. The Balaban J connectivity index is 1.56. The van der Waals surface area contributed by atoms with Gasteiger partial charge in [-0.25, -0.2) is 5.01 Å². The molecular weight excluding hydrogens is 545 g/mol. The molecule has 3 aromatic carbocycles. The number of para-hydroxylation sites is 1. The number of hydrazine groups is 1. The van der Waals surface area contributed by atoms with Crippen molar-refractivity contribution in [3.05, 3.63) is 92.4 Å². The first-order chi connectivity index (χ1) is 16.3. The summed E-state index contributed by atoms with van der Waals surface area (Å²) in [7, 11) is 0. The molecule has 4 rings (SSSR count). The molecular formula is C24H16BrCl2N3O4. The van der Waals surface area contributed by atoms with Crippen LogP contribution in [0.25, 0.3) is 6.08 Å². The minimum atomic E-state index is -0.573. The number of nitrogens with zero attached hydrogens (tertiary/aromatic N) is 1. The first-order valence-corrected chi connectivity index (χ1v) is 11.5. The second-order valence-corrected chi connectivity index (χ2v) is 8.85. The standard InChI is InChI=1S/C24H16BrCl2N3O4/c25-20-12-16(27)10-14(22(20)34-13-21(31)28-17-8-6-15(26)7-9-17)11-19-23(32)29-30(24(19)33)18-4-2-1-3-5-18/h1-12H,13H2,(H,28,31)(H,29,32)/b19-11-. The van der Waals surface area contributed by atoms with E-state index < -0.39 is 17.7 Å². The molecule has 0 aromatic heterocycles. The zero-order chi connectivity index (χ0) is 24.2. The second kappa shape index (κ2) is 10.3. The minimum Gasteiger partial charge on any atom is -0.482 e. The zero-order valence-corrected chi connectivity index (χ0v) is 20.4. The fourth-order valence-corrected chi connectivity index (χ4v) is 4.25. The molecule has 1 heterocycles. The molecule has 0 aliphatic carbocycles. The van der Waals surface area contributed by atoms with Crippen LogP contribution >= 0.6 is 39.1 Å². The highest BCUT2D eigenvalue weighted by atomic mass is 79.9. The van der Waals surface area contributed by atoms with Crippen molar-refractivity contribution in [2.45, 2.75) is 0 Å². The summed E-state index contributed by atoms with van der Waals surface area (Å²) in [5, 5.41) is 4.76. The number of nitrogens with one attached hydrogen (secondary N) is 2. The summed E-state index contributed by atoms with van der Waals surface area (Å²) >= 11 is 15.4. The van der Waals surface area contributed by atoms with Crippen LogP contribution < -0.4 is 20.5 Å². The van der Waals surface area contributed by atoms with Gasteiger partial charge in [-0.2, -0.15) is 0 Å². The first kappa shape index (κ1) is 23.8. The van der Waals surface area contributed by atoms with Crippen LogP contribution in [-0.2, 0) is 14.4 Å². The SMILES string of the molecule is O=C(COc1c(Br)cc(Cl)cc1/C=C1/C(=O)NN(c2ccccc2)C1=O)Nc1ccc(Cl)cc1. The quantitative estimate of drug-likeness (QED) is 0.319. The summed E-state index contributed by atoms with van der Waals surface area (Å²) in [6.07, 6.45) is 1.38. The minimum absolute atomic E-state index is 0.103. The number of hydrogen-bond donors (Lipinski definition) is 2. The fraction of sp³-hybridized carbons (Fsp3) is 0.0417. The maximum atomic E-state index is 12.9. The van der Waals surface area contributed by atoms with Crippen LogP contribution in [0, 0.1) is 0 Å². The number of rotatable bonds is 6. The normalized spacial score (nSPS) is 14.3. The van der Waals surface area contributed by atoms with Gasteiger partial charge in [0.25, 0.3) is 17.7 Å². The highest BCUT2D eigenvalue weighted by Crippen LogP contribution is 2.35. The molecule has 7 nitrogen and oxygen atoms in total. The molecule has 1 aliphatic rings. The number of carbonyl (C=O) groups is 3. The lowest BCUT2D eigenvalue weighted by atomic mass is 10.1. The van der Waals surface area contributed by atoms with Crippen LogP contribution in [0.15, 0.2) is 76.8 Å². The first-order valence-electron chi connectivity index (χ1n) is 9.91. The van der Waals surface area contributed by atoms with Crippen molar-refractivity contribution < 1.29 is 19.1 Å². The number of benzene rings is 3. The summed E-state index contributed by atoms with van der Waals surface area (Å²) in [6, 6.07) is 18.5. The van der Waals surface area contributed by atoms with Gasteiger partial charge < -0.3 is 10.1 Å². The van der Waals surface area contributed by atoms with Gasteiger partial charge in [-0.05, 0) is 70.5 Å². The predicted molar refractivity (Wildman–Crippen MR) is 135 cm³/mol. The lowest BCUT2D eigenvalue weighted by molar-refractivity contribution is -0.118. The Labute approximate surface area is 213 Å². The Morgan fingerprint density at radius 3 is 2.44 bits per heavy atom. The van der Waals surface area contributed by atoms with Gasteiger partial charge in [-0.3, -0.25) is 19.8 Å². The Kier molecular flexibility index (Phi) is 7.21. The smallest absolute Gasteiger partial charge is 0.282 e. The summed E-state index contributed by atoms with van der Waals surface area (Å²) in [5.41, 5.74) is 3.87. The molecule has 0 spiro atoms. The van der Waals surface area contributed by atoms with Crippen LogP contribution in [0.5, 0.6) is 5.75 Å². The molecule has 0 atom stereocenters. The molecule has 10 heteroatoms. The van der Waals surface area contributed by atoms with E-state index in [-0.39, 0.29) is 17.9 Å². The highest BCUT2D eigenvalue weighted by Gasteiger charge is 2.34. The second-order valence-electron chi connectivity index (χ2n) is 7.12. The number of ether oxygens (including phenoxy) is 1. The maximum absolute atomic E-state index is 12.9. The zero-order valence-electron chi connectivity index (χ0n) is 17.3. The van der Waals surface area contributed by atoms with Crippen molar-refractivity contribution in [2.24, 2.45) is 0 Å². The fourth-order valence-electron chi connectivity index (χ4n) is 3.18. The van der Waals surface area contributed by atoms with Gasteiger partial charge in [-0.15, -0.1) is 0 Å². The average Bonchev–Trinajstić information content (AvgIpc) is 3.09. The average molecular weight is 561 g/mol. The molecule has 3 amide bonds. The maximum Gasteiger partial charge on any atom is 0.282 e. The van der Waals surface area contributed by atoms with Crippen LogP contribution in [0.4, 0.5) is 11.4 Å². The van der Waals surface area contributed by atoms with Gasteiger partial charge >= 0.3 is 0 Å². The molecule has 0 unspecified atom stereocenters. The summed E-state index contributed by atoms with van der Waals surface area (Å²) < 4.78 is 6.18. The highest BCUT2D eigenvalue weighted by molar-refractivity contribution is 9.10. The van der Waals surface area contributed by atoms with Gasteiger partial charge in [-0.1, -0.05) is 41.4 Å². The van der Waals surface area contributed by atoms with E-state index in [0.29, 0.717) is 31.5 Å². The molecule has 0 radical (unpaired) electrons. The van der Waals surface area contributed by atoms with Crippen molar-refractivity contribution in [3.8, 4) is 5.75 Å². The number of carbonyl (C=O) groups excluding carboxylic acids is 3. The third-order valence-electron chi connectivity index (χ3n) is 4.72. The van der Waals surface area contributed by atoms with E-state index in [2.05, 4.69) is 26.7 Å². The van der Waals surface area contributed by atoms with Crippen molar-refractivity contribution >= 4 is 74.3 Å². The molecule has 1 fully saturated rings. The Bertz CT molecular complexity index is 1300. The van der Waals surface area contributed by atoms with E-state index in [9.17, 15) is 14.4 Å². The van der Waals surface area contributed by atoms with E-state index >= 15 is 0 Å². The van der Waals surface area contributed by atoms with E-state index in [1.165, 1.54) is 12.1 Å². The summed E-state index contributed by atoms with van der Waals surface area (Å²) in [4.78, 5) is 37.8. The lowest BCUT2D eigenvalue weighted by Gasteiger charge is -2.14. The number of amides is 3. The molecule has 3 aromatic rings. The van der Waals surface area contributed by atoms with E-state index in [4.69, 9.17) is 27.9 Å². The molecule has 2 N–H and O–H groups in total. The molecule has 1 saturated heterocycles. The van der Waals surface area contributed by atoms with E-state index in [1.54, 1.807) is 60.7 Å². The van der Waals surface area contributed by atoms with Crippen molar-refractivity contribution in [1.82, 2.24) is 5.43 Å². The largest absolute Gasteiger partial charge is 0.482 e. The van der Waals surface area contributed by atoms with E-state index in [1.807, 2.05) is 0 Å². The predicted octanol–water partition coefficient (Wildman–Crippen LogP) is 5.23. The van der Waals surface area contributed by atoms with Gasteiger partial charge in [0, 0.05) is 21.3 Å². The van der Waals surface area contributed by atoms with E-state index in [0.717, 1.165) is 5.01 Å². The monoisotopic (exact) mass is 559 g/mol. The van der Waals surface area contributed by atoms with Gasteiger partial charge in [0.05, 0.1) is 10.2 Å². The molecule has 1 aliphatic heterocycles. The van der Waals surface area contributed by atoms with Gasteiger partial charge in [0.15, 0.2) is 6.61 Å². The Morgan fingerprint density at radius 1 is 1.03 bits per heavy atom. The molecule has 0 saturated carbocycles. The topological polar surface area (TPSA) is 87.7 Å². The molecule has 0 bridgehead atoms. The third-order valence-corrected chi connectivity index (χ3v) is 5.78. The number of hydrogen-bond acceptors (Lipinski definition) is 4. The van der Waals surface area contributed by atoms with Crippen molar-refractivity contribution in [1.29, 1.82) is 0 Å². The Hall–Kier alpha value is -3.33. The molecule has 172 valence electrons.